The summed E-state index contributed by atoms with van der Waals surface area (Å²) in [7, 11) is 0. The molecule has 2 aliphatic heterocycles. The number of esters is 1. The Hall–Kier alpha value is -1.32. The molecule has 8 heteroatoms. The first kappa shape index (κ1) is 20.6. The number of Topliss-reactive ketones (excluding diaryl/α,β-unsaturated/α-hetero) is 1. The lowest BCUT2D eigenvalue weighted by atomic mass is 9.35. The van der Waals surface area contributed by atoms with Crippen molar-refractivity contribution in [2.75, 3.05) is 13.2 Å². The van der Waals surface area contributed by atoms with E-state index in [0.717, 1.165) is 0 Å². The second-order valence-corrected chi connectivity index (χ2v) is 10.4. The van der Waals surface area contributed by atoms with Gasteiger partial charge in [0.15, 0.2) is 5.78 Å². The zero-order chi connectivity index (χ0) is 21.9. The number of hydrogen-bond donors (Lipinski definition) is 4. The molecule has 2 spiro atoms. The number of carbonyl (C=O) groups is 2. The van der Waals surface area contributed by atoms with Crippen LogP contribution in [-0.2, 0) is 19.1 Å². The number of hydrogen-bond acceptors (Lipinski definition) is 8. The van der Waals surface area contributed by atoms with Crippen LogP contribution in [0.15, 0.2) is 12.2 Å². The van der Waals surface area contributed by atoms with E-state index in [1.165, 1.54) is 6.92 Å². The van der Waals surface area contributed by atoms with Gasteiger partial charge in [0.2, 0.25) is 5.79 Å². The monoisotopic (exact) mass is 422 g/mol. The van der Waals surface area contributed by atoms with Crippen molar-refractivity contribution < 1.29 is 39.5 Å². The van der Waals surface area contributed by atoms with E-state index >= 15 is 0 Å². The fourth-order valence-corrected chi connectivity index (χ4v) is 8.16. The number of rotatable bonds is 2. The van der Waals surface area contributed by atoms with Crippen molar-refractivity contribution in [3.05, 3.63) is 12.2 Å². The van der Waals surface area contributed by atoms with Gasteiger partial charge >= 0.3 is 5.97 Å². The van der Waals surface area contributed by atoms with Crippen LogP contribution in [0, 0.1) is 34.0 Å². The number of ketones is 1. The summed E-state index contributed by atoms with van der Waals surface area (Å²) >= 11 is 0. The average Bonchev–Trinajstić information content (AvgIpc) is 2.80. The maximum absolute atomic E-state index is 13.5. The molecule has 166 valence electrons. The lowest BCUT2D eigenvalue weighted by Gasteiger charge is -2.74. The summed E-state index contributed by atoms with van der Waals surface area (Å²) in [5.41, 5.74) is -3.28. The third-order valence-electron chi connectivity index (χ3n) is 9.32. The molecule has 1 unspecified atom stereocenters. The molecule has 6 aliphatic rings. The van der Waals surface area contributed by atoms with Crippen LogP contribution < -0.4 is 0 Å². The highest BCUT2D eigenvalue weighted by atomic mass is 16.6. The third-order valence-corrected chi connectivity index (χ3v) is 9.32. The SMILES string of the molecule is C=C1C(=O)[C@]23[C@H](O)[C@H]1CC[C@H]2C12CO[C@]3(O)[C@@H](O)[C@@H]1[C@](C)(COC(C)=O)CC[C@H]2O. The quantitative estimate of drug-likeness (QED) is 0.359. The van der Waals surface area contributed by atoms with Crippen LogP contribution >= 0.6 is 0 Å². The van der Waals surface area contributed by atoms with Gasteiger partial charge in [-0.15, -0.1) is 0 Å². The molecule has 4 bridgehead atoms. The molecule has 0 aromatic heterocycles. The van der Waals surface area contributed by atoms with Gasteiger partial charge in [0.05, 0.1) is 25.4 Å². The molecule has 4 N–H and O–H groups in total. The Bertz CT molecular complexity index is 841. The minimum atomic E-state index is -2.30. The largest absolute Gasteiger partial charge is 0.465 e. The Morgan fingerprint density at radius 1 is 1.23 bits per heavy atom. The van der Waals surface area contributed by atoms with Crippen molar-refractivity contribution in [2.24, 2.45) is 34.0 Å². The standard InChI is InChI=1S/C22H30O8/c1-10-12-4-5-13-20-9-30-22(28,21(13,16(10)25)17(12)26)18(27)15(20)19(3,7-6-14(20)24)8-29-11(2)23/h12-15,17-18,24,26-28H,1,4-9H2,2-3H3/t12-,13-,14+,15+,17+,18-,19-,20?,21-,22+/m0/s1. The molecule has 4 saturated carbocycles. The second-order valence-electron chi connectivity index (χ2n) is 10.4. The van der Waals surface area contributed by atoms with Crippen molar-refractivity contribution >= 4 is 11.8 Å². The molecule has 10 atom stereocenters. The maximum Gasteiger partial charge on any atom is 0.302 e. The van der Waals surface area contributed by atoms with Gasteiger partial charge in [-0.3, -0.25) is 9.59 Å². The number of fused-ring (bicyclic) bond motifs is 2. The third kappa shape index (κ3) is 1.92. The Balaban J connectivity index is 1.71. The van der Waals surface area contributed by atoms with Crippen LogP contribution in [0.3, 0.4) is 0 Å². The molecule has 6 fully saturated rings. The Labute approximate surface area is 174 Å². The predicted molar refractivity (Wildman–Crippen MR) is 102 cm³/mol. The van der Waals surface area contributed by atoms with Crippen LogP contribution in [0.4, 0.5) is 0 Å². The minimum Gasteiger partial charge on any atom is -0.465 e. The van der Waals surface area contributed by atoms with E-state index in [9.17, 15) is 30.0 Å². The van der Waals surface area contributed by atoms with Crippen LogP contribution in [0.25, 0.3) is 0 Å². The van der Waals surface area contributed by atoms with Gasteiger partial charge < -0.3 is 29.9 Å². The predicted octanol–water partition coefficient (Wildman–Crippen LogP) is -0.0812. The van der Waals surface area contributed by atoms with E-state index in [4.69, 9.17) is 9.47 Å². The number of carbonyl (C=O) groups excluding carboxylic acids is 2. The fraction of sp³-hybridized carbons (Fsp3) is 0.818. The van der Waals surface area contributed by atoms with Gasteiger partial charge in [0.25, 0.3) is 0 Å². The summed E-state index contributed by atoms with van der Waals surface area (Å²) < 4.78 is 11.1. The van der Waals surface area contributed by atoms with Gasteiger partial charge in [0.1, 0.15) is 11.5 Å². The normalized spacial score (nSPS) is 56.5. The van der Waals surface area contributed by atoms with Gasteiger partial charge in [-0.2, -0.15) is 0 Å². The first-order chi connectivity index (χ1) is 14.0. The molecule has 0 aromatic rings. The molecule has 0 radical (unpaired) electrons. The first-order valence-corrected chi connectivity index (χ1v) is 10.8. The molecule has 6 rings (SSSR count). The highest BCUT2D eigenvalue weighted by Crippen LogP contribution is 2.76. The van der Waals surface area contributed by atoms with Crippen molar-refractivity contribution in [1.82, 2.24) is 0 Å². The topological polar surface area (TPSA) is 134 Å². The van der Waals surface area contributed by atoms with Crippen LogP contribution in [-0.4, -0.2) is 69.5 Å². The minimum absolute atomic E-state index is 0.0279. The van der Waals surface area contributed by atoms with Crippen LogP contribution in [0.5, 0.6) is 0 Å². The van der Waals surface area contributed by atoms with E-state index in [1.807, 2.05) is 6.92 Å². The lowest BCUT2D eigenvalue weighted by molar-refractivity contribution is -0.459. The number of ether oxygens (including phenoxy) is 2. The molecular weight excluding hydrogens is 392 g/mol. The Kier molecular flexibility index (Phi) is 4.06. The van der Waals surface area contributed by atoms with E-state index in [0.29, 0.717) is 25.7 Å². The van der Waals surface area contributed by atoms with Crippen molar-refractivity contribution in [1.29, 1.82) is 0 Å². The van der Waals surface area contributed by atoms with E-state index < -0.39 is 69.9 Å². The summed E-state index contributed by atoms with van der Waals surface area (Å²) in [6, 6.07) is 0. The van der Waals surface area contributed by atoms with E-state index in [2.05, 4.69) is 6.58 Å². The highest BCUT2D eigenvalue weighted by Gasteiger charge is 2.87. The average molecular weight is 422 g/mol. The highest BCUT2D eigenvalue weighted by molar-refractivity contribution is 6.05. The lowest BCUT2D eigenvalue weighted by Crippen LogP contribution is -2.86. The summed E-state index contributed by atoms with van der Waals surface area (Å²) in [4.78, 5) is 25.0. The number of aliphatic hydroxyl groups is 4. The molecule has 2 saturated heterocycles. The van der Waals surface area contributed by atoms with E-state index in [1.54, 1.807) is 0 Å². The van der Waals surface area contributed by atoms with Gasteiger partial charge in [-0.1, -0.05) is 13.5 Å². The Morgan fingerprint density at radius 3 is 2.60 bits per heavy atom. The zero-order valence-corrected chi connectivity index (χ0v) is 17.3. The van der Waals surface area contributed by atoms with Crippen molar-refractivity contribution in [3.63, 3.8) is 0 Å². The molecule has 0 amide bonds. The van der Waals surface area contributed by atoms with Gasteiger partial charge in [0, 0.05) is 29.6 Å². The van der Waals surface area contributed by atoms with E-state index in [-0.39, 0.29) is 18.8 Å². The maximum atomic E-state index is 13.5. The van der Waals surface area contributed by atoms with Gasteiger partial charge in [-0.05, 0) is 37.2 Å². The molecular formula is C22H30O8. The van der Waals surface area contributed by atoms with Crippen LogP contribution in [0.2, 0.25) is 0 Å². The first-order valence-electron chi connectivity index (χ1n) is 10.8. The van der Waals surface area contributed by atoms with Gasteiger partial charge in [-0.25, -0.2) is 0 Å². The van der Waals surface area contributed by atoms with Crippen molar-refractivity contribution in [3.8, 4) is 0 Å². The molecule has 2 heterocycles. The molecule has 8 nitrogen and oxygen atoms in total. The molecule has 4 aliphatic carbocycles. The van der Waals surface area contributed by atoms with Crippen LogP contribution in [0.1, 0.15) is 39.5 Å². The zero-order valence-electron chi connectivity index (χ0n) is 17.3. The molecule has 30 heavy (non-hydrogen) atoms. The fourth-order valence-electron chi connectivity index (χ4n) is 8.16. The smallest absolute Gasteiger partial charge is 0.302 e. The van der Waals surface area contributed by atoms with Crippen molar-refractivity contribution in [2.45, 2.75) is 63.6 Å². The Morgan fingerprint density at radius 2 is 1.93 bits per heavy atom. The summed E-state index contributed by atoms with van der Waals surface area (Å²) in [6.07, 6.45) is -1.78. The summed E-state index contributed by atoms with van der Waals surface area (Å²) in [6.45, 7) is 7.06. The number of aliphatic hydroxyl groups excluding tert-OH is 3. The second kappa shape index (κ2) is 5.92. The molecule has 0 aromatic carbocycles. The summed E-state index contributed by atoms with van der Waals surface area (Å²) in [5.74, 6) is -4.96. The summed E-state index contributed by atoms with van der Waals surface area (Å²) in [5, 5.41) is 45.8.